The summed E-state index contributed by atoms with van der Waals surface area (Å²) in [5, 5.41) is 2.68. The number of hydrogen-bond donors (Lipinski definition) is 2. The Labute approximate surface area is 182 Å². The molecule has 2 aromatic carbocycles. The lowest BCUT2D eigenvalue weighted by Gasteiger charge is -2.07. The summed E-state index contributed by atoms with van der Waals surface area (Å²) in [5.74, 6) is 0.318. The Morgan fingerprint density at radius 2 is 1.80 bits per heavy atom. The number of benzene rings is 2. The Morgan fingerprint density at radius 3 is 2.43 bits per heavy atom. The van der Waals surface area contributed by atoms with Gasteiger partial charge in [-0.25, -0.2) is 23.1 Å². The number of hydrogen-bond acceptors (Lipinski definition) is 6. The highest BCUT2D eigenvalue weighted by atomic mass is 79.9. The molecule has 1 aromatic heterocycles. The van der Waals surface area contributed by atoms with Gasteiger partial charge in [-0.15, -0.1) is 0 Å². The molecule has 0 atom stereocenters. The summed E-state index contributed by atoms with van der Waals surface area (Å²) in [6, 6.07) is 12.8. The molecular weight excluding hydrogens is 472 g/mol. The second-order valence-corrected chi connectivity index (χ2v) is 8.46. The molecule has 0 fully saturated rings. The highest BCUT2D eigenvalue weighted by molar-refractivity contribution is 9.10. The molecule has 2 N–H and O–H groups in total. The summed E-state index contributed by atoms with van der Waals surface area (Å²) in [4.78, 5) is 19.8. The zero-order chi connectivity index (χ0) is 21.6. The minimum absolute atomic E-state index is 0.0200. The lowest BCUT2D eigenvalue weighted by molar-refractivity contribution is -0.111. The fraction of sp³-hybridized carbons (Fsp3) is 0.0500. The van der Waals surface area contributed by atoms with Crippen molar-refractivity contribution in [2.75, 3.05) is 17.1 Å². The predicted octanol–water partition coefficient (Wildman–Crippen LogP) is 3.70. The summed E-state index contributed by atoms with van der Waals surface area (Å²) >= 11 is 3.39. The lowest BCUT2D eigenvalue weighted by Crippen LogP contribution is -2.15. The van der Waals surface area contributed by atoms with Gasteiger partial charge in [-0.2, -0.15) is 0 Å². The zero-order valence-corrected chi connectivity index (χ0v) is 18.1. The van der Waals surface area contributed by atoms with Crippen molar-refractivity contribution >= 4 is 49.6 Å². The molecule has 0 unspecified atom stereocenters. The molecule has 3 rings (SSSR count). The van der Waals surface area contributed by atoms with E-state index in [4.69, 9.17) is 4.74 Å². The lowest BCUT2D eigenvalue weighted by atomic mass is 10.2. The fourth-order valence-corrected chi connectivity index (χ4v) is 3.91. The van der Waals surface area contributed by atoms with Gasteiger partial charge in [0.25, 0.3) is 10.0 Å². The van der Waals surface area contributed by atoms with Crippen LogP contribution in [0.15, 0.2) is 76.4 Å². The van der Waals surface area contributed by atoms with Crippen molar-refractivity contribution in [1.29, 1.82) is 0 Å². The largest absolute Gasteiger partial charge is 0.496 e. The standard InChI is InChI=1S/C20H17BrN4O4S/c1-29-18-9-3-14(13-17(18)21)4-10-19(26)24-15-5-7-16(8-6-15)30(27,28)25-20-22-11-2-12-23-20/h2-13H,1H3,(H,24,26)(H,22,23,25). The Bertz CT molecular complexity index is 1170. The SMILES string of the molecule is COc1ccc(C=CC(=O)Nc2ccc(S(=O)(=O)Nc3ncccn3)cc2)cc1Br. The smallest absolute Gasteiger partial charge is 0.264 e. The molecule has 154 valence electrons. The van der Waals surface area contributed by atoms with Crippen LogP contribution in [0.1, 0.15) is 5.56 Å². The highest BCUT2D eigenvalue weighted by Gasteiger charge is 2.15. The number of carbonyl (C=O) groups excluding carboxylic acids is 1. The normalized spacial score (nSPS) is 11.3. The van der Waals surface area contributed by atoms with Crippen molar-refractivity contribution in [2.45, 2.75) is 4.90 Å². The van der Waals surface area contributed by atoms with E-state index in [9.17, 15) is 13.2 Å². The summed E-state index contributed by atoms with van der Waals surface area (Å²) in [5.41, 5.74) is 1.27. The Kier molecular flexibility index (Phi) is 6.80. The number of nitrogens with zero attached hydrogens (tertiary/aromatic N) is 2. The van der Waals surface area contributed by atoms with Gasteiger partial charge in [-0.1, -0.05) is 6.07 Å². The first kappa shape index (κ1) is 21.5. The second kappa shape index (κ2) is 9.51. The first-order valence-electron chi connectivity index (χ1n) is 8.60. The monoisotopic (exact) mass is 488 g/mol. The molecule has 0 aliphatic heterocycles. The molecule has 10 heteroatoms. The molecule has 0 aliphatic rings. The Hall–Kier alpha value is -3.24. The van der Waals surface area contributed by atoms with E-state index >= 15 is 0 Å². The van der Waals surface area contributed by atoms with Crippen molar-refractivity contribution in [3.05, 3.63) is 77.0 Å². The summed E-state index contributed by atoms with van der Waals surface area (Å²) in [6.45, 7) is 0. The molecular formula is C20H17BrN4O4S. The van der Waals surface area contributed by atoms with E-state index < -0.39 is 10.0 Å². The third kappa shape index (κ3) is 5.65. The first-order chi connectivity index (χ1) is 14.4. The van der Waals surface area contributed by atoms with Crippen LogP contribution in [0.25, 0.3) is 6.08 Å². The minimum atomic E-state index is -3.83. The van der Waals surface area contributed by atoms with Crippen LogP contribution >= 0.6 is 15.9 Å². The van der Waals surface area contributed by atoms with Gasteiger partial charge in [0, 0.05) is 24.2 Å². The molecule has 1 heterocycles. The van der Waals surface area contributed by atoms with Crippen LogP contribution in [0.3, 0.4) is 0 Å². The van der Waals surface area contributed by atoms with E-state index in [0.29, 0.717) is 11.4 Å². The summed E-state index contributed by atoms with van der Waals surface area (Å²) < 4.78 is 33.0. The fourth-order valence-electron chi connectivity index (χ4n) is 2.39. The van der Waals surface area contributed by atoms with Crippen LogP contribution in [0.5, 0.6) is 5.75 Å². The van der Waals surface area contributed by atoms with Crippen molar-refractivity contribution in [2.24, 2.45) is 0 Å². The van der Waals surface area contributed by atoms with Gasteiger partial charge in [0.1, 0.15) is 5.75 Å². The molecule has 0 bridgehead atoms. The Balaban J connectivity index is 1.63. The molecule has 0 aliphatic carbocycles. The number of aromatic nitrogens is 2. The molecule has 0 spiro atoms. The third-order valence-corrected chi connectivity index (χ3v) is 5.79. The highest BCUT2D eigenvalue weighted by Crippen LogP contribution is 2.26. The van der Waals surface area contributed by atoms with E-state index in [2.05, 4.69) is 35.9 Å². The summed E-state index contributed by atoms with van der Waals surface area (Å²) in [7, 11) is -2.26. The van der Waals surface area contributed by atoms with Crippen LogP contribution in [-0.4, -0.2) is 31.4 Å². The van der Waals surface area contributed by atoms with Gasteiger partial charge in [0.15, 0.2) is 0 Å². The van der Waals surface area contributed by atoms with Gasteiger partial charge in [-0.05, 0) is 70.0 Å². The zero-order valence-electron chi connectivity index (χ0n) is 15.7. The van der Waals surface area contributed by atoms with E-state index in [1.54, 1.807) is 25.3 Å². The quantitative estimate of drug-likeness (QED) is 0.490. The van der Waals surface area contributed by atoms with Gasteiger partial charge in [0.2, 0.25) is 11.9 Å². The van der Waals surface area contributed by atoms with Crippen molar-refractivity contribution in [3.8, 4) is 5.75 Å². The number of methoxy groups -OCH3 is 1. The summed E-state index contributed by atoms with van der Waals surface area (Å²) in [6.07, 6.45) is 5.90. The molecule has 30 heavy (non-hydrogen) atoms. The maximum atomic E-state index is 12.4. The first-order valence-corrected chi connectivity index (χ1v) is 10.9. The van der Waals surface area contributed by atoms with Crippen molar-refractivity contribution < 1.29 is 17.9 Å². The average molecular weight is 489 g/mol. The van der Waals surface area contributed by atoms with Crippen LogP contribution < -0.4 is 14.8 Å². The number of anilines is 2. The van der Waals surface area contributed by atoms with Gasteiger partial charge in [-0.3, -0.25) is 4.79 Å². The maximum Gasteiger partial charge on any atom is 0.264 e. The van der Waals surface area contributed by atoms with E-state index in [-0.39, 0.29) is 16.8 Å². The van der Waals surface area contributed by atoms with Crippen LogP contribution in [0.4, 0.5) is 11.6 Å². The third-order valence-electron chi connectivity index (χ3n) is 3.83. The number of nitrogens with one attached hydrogen (secondary N) is 2. The number of halogens is 1. The topological polar surface area (TPSA) is 110 Å². The number of sulfonamides is 1. The van der Waals surface area contributed by atoms with Gasteiger partial charge in [0.05, 0.1) is 16.5 Å². The molecule has 0 radical (unpaired) electrons. The molecule has 1 amide bonds. The van der Waals surface area contributed by atoms with E-state index in [1.165, 1.54) is 42.7 Å². The van der Waals surface area contributed by atoms with Crippen molar-refractivity contribution in [1.82, 2.24) is 9.97 Å². The molecule has 8 nitrogen and oxygen atoms in total. The maximum absolute atomic E-state index is 12.4. The molecule has 3 aromatic rings. The van der Waals surface area contributed by atoms with Gasteiger partial charge >= 0.3 is 0 Å². The van der Waals surface area contributed by atoms with E-state index in [0.717, 1.165) is 10.0 Å². The van der Waals surface area contributed by atoms with Gasteiger partial charge < -0.3 is 10.1 Å². The number of ether oxygens (including phenoxy) is 1. The van der Waals surface area contributed by atoms with E-state index in [1.807, 2.05) is 12.1 Å². The number of rotatable bonds is 7. The number of amides is 1. The van der Waals surface area contributed by atoms with Crippen LogP contribution in [-0.2, 0) is 14.8 Å². The second-order valence-electron chi connectivity index (χ2n) is 5.92. The molecule has 0 saturated carbocycles. The molecule has 0 saturated heterocycles. The van der Waals surface area contributed by atoms with Crippen LogP contribution in [0.2, 0.25) is 0 Å². The minimum Gasteiger partial charge on any atom is -0.496 e. The number of carbonyl (C=O) groups is 1. The Morgan fingerprint density at radius 1 is 1.10 bits per heavy atom. The van der Waals surface area contributed by atoms with Crippen LogP contribution in [0, 0.1) is 0 Å². The predicted molar refractivity (Wildman–Crippen MR) is 118 cm³/mol. The van der Waals surface area contributed by atoms with Crippen molar-refractivity contribution in [3.63, 3.8) is 0 Å². The average Bonchev–Trinajstić information content (AvgIpc) is 2.73.